The molecule has 6 heteroatoms. The first-order chi connectivity index (χ1) is 11.9. The van der Waals surface area contributed by atoms with E-state index in [9.17, 15) is 4.79 Å². The maximum absolute atomic E-state index is 12.6. The number of nitrogens with one attached hydrogen (secondary N) is 1. The van der Waals surface area contributed by atoms with Gasteiger partial charge in [0.2, 0.25) is 0 Å². The Hall–Kier alpha value is -2.11. The number of rotatable bonds is 4. The van der Waals surface area contributed by atoms with Crippen LogP contribution in [0.5, 0.6) is 0 Å². The largest absolute Gasteiger partial charge is 0.345 e. The third-order valence-electron chi connectivity index (χ3n) is 4.30. The monoisotopic (exact) mass is 373 g/mol. The molecule has 0 spiro atoms. The molecule has 1 amide bonds. The number of hydrogen-bond donors (Lipinski definition) is 1. The Kier molecular flexibility index (Phi) is 4.97. The van der Waals surface area contributed by atoms with Crippen molar-refractivity contribution in [2.45, 2.75) is 26.8 Å². The van der Waals surface area contributed by atoms with Crippen molar-refractivity contribution in [1.29, 1.82) is 0 Å². The molecule has 0 radical (unpaired) electrons. The van der Waals surface area contributed by atoms with E-state index < -0.39 is 0 Å². The zero-order valence-corrected chi connectivity index (χ0v) is 16.2. The minimum atomic E-state index is -0.0951. The minimum absolute atomic E-state index is 0.0691. The fraction of sp³-hybridized carbons (Fsp3) is 0.263. The van der Waals surface area contributed by atoms with Crippen molar-refractivity contribution in [2.75, 3.05) is 0 Å². The van der Waals surface area contributed by atoms with Crippen LogP contribution in [0.2, 0.25) is 5.02 Å². The number of halogens is 1. The third kappa shape index (κ3) is 3.62. The van der Waals surface area contributed by atoms with E-state index in [1.165, 1.54) is 11.3 Å². The van der Waals surface area contributed by atoms with E-state index in [1.807, 2.05) is 68.9 Å². The molecule has 2 aromatic heterocycles. The van der Waals surface area contributed by atoms with Crippen molar-refractivity contribution < 1.29 is 4.79 Å². The third-order valence-corrected chi connectivity index (χ3v) is 5.69. The lowest BCUT2D eigenvalue weighted by Gasteiger charge is -2.14. The lowest BCUT2D eigenvalue weighted by atomic mass is 10.1. The Balaban J connectivity index is 1.76. The van der Waals surface area contributed by atoms with E-state index in [4.69, 9.17) is 11.6 Å². The van der Waals surface area contributed by atoms with Gasteiger partial charge in [0, 0.05) is 28.2 Å². The standard InChI is InChI=1S/C19H20ClN3OS/c1-11(18-12(2)22-23(4)13(18)3)21-19(24)17-10-9-16(25-17)14-5-7-15(20)8-6-14/h5-11H,1-4H3,(H,21,24)/t11-/m0/s1. The summed E-state index contributed by atoms with van der Waals surface area (Å²) in [5.74, 6) is -0.0691. The summed E-state index contributed by atoms with van der Waals surface area (Å²) < 4.78 is 1.84. The van der Waals surface area contributed by atoms with Gasteiger partial charge >= 0.3 is 0 Å². The number of thiophene rings is 1. The smallest absolute Gasteiger partial charge is 0.261 e. The first-order valence-corrected chi connectivity index (χ1v) is 9.23. The average molecular weight is 374 g/mol. The van der Waals surface area contributed by atoms with E-state index >= 15 is 0 Å². The summed E-state index contributed by atoms with van der Waals surface area (Å²) in [5, 5.41) is 8.20. The average Bonchev–Trinajstić information content (AvgIpc) is 3.14. The summed E-state index contributed by atoms with van der Waals surface area (Å²) in [6.45, 7) is 5.97. The molecule has 1 atom stereocenters. The second-order valence-corrected chi connectivity index (χ2v) is 7.59. The van der Waals surface area contributed by atoms with Gasteiger partial charge in [-0.15, -0.1) is 11.3 Å². The highest BCUT2D eigenvalue weighted by atomic mass is 35.5. The summed E-state index contributed by atoms with van der Waals surface area (Å²) in [5.41, 5.74) is 4.14. The molecule has 0 saturated heterocycles. The molecule has 0 aliphatic heterocycles. The number of carbonyl (C=O) groups excluding carboxylic acids is 1. The van der Waals surface area contributed by atoms with Crippen molar-refractivity contribution in [2.24, 2.45) is 7.05 Å². The van der Waals surface area contributed by atoms with Crippen LogP contribution in [0.25, 0.3) is 10.4 Å². The van der Waals surface area contributed by atoms with Gasteiger partial charge in [0.05, 0.1) is 16.6 Å². The van der Waals surface area contributed by atoms with Crippen molar-refractivity contribution in [3.8, 4) is 10.4 Å². The van der Waals surface area contributed by atoms with E-state index in [1.54, 1.807) is 0 Å². The van der Waals surface area contributed by atoms with Crippen molar-refractivity contribution in [1.82, 2.24) is 15.1 Å². The molecule has 2 heterocycles. The molecule has 0 bridgehead atoms. The summed E-state index contributed by atoms with van der Waals surface area (Å²) in [6, 6.07) is 11.4. The molecule has 0 aliphatic rings. The molecule has 0 fully saturated rings. The Morgan fingerprint density at radius 2 is 1.88 bits per heavy atom. The molecule has 25 heavy (non-hydrogen) atoms. The number of nitrogens with zero attached hydrogens (tertiary/aromatic N) is 2. The van der Waals surface area contributed by atoms with Crippen LogP contribution in [0.1, 0.15) is 39.6 Å². The van der Waals surface area contributed by atoms with Gasteiger partial charge in [-0.25, -0.2) is 0 Å². The number of aryl methyl sites for hydroxylation is 2. The topological polar surface area (TPSA) is 46.9 Å². The number of hydrogen-bond acceptors (Lipinski definition) is 3. The maximum atomic E-state index is 12.6. The maximum Gasteiger partial charge on any atom is 0.261 e. The second kappa shape index (κ2) is 7.02. The first-order valence-electron chi connectivity index (χ1n) is 8.03. The van der Waals surface area contributed by atoms with Crippen LogP contribution < -0.4 is 5.32 Å². The van der Waals surface area contributed by atoms with Crippen molar-refractivity contribution >= 4 is 28.8 Å². The summed E-state index contributed by atoms with van der Waals surface area (Å²) in [4.78, 5) is 14.3. The predicted octanol–water partition coefficient (Wildman–Crippen LogP) is 4.91. The lowest BCUT2D eigenvalue weighted by molar-refractivity contribution is 0.0944. The Labute approximate surface area is 156 Å². The van der Waals surface area contributed by atoms with Gasteiger partial charge in [-0.3, -0.25) is 9.48 Å². The van der Waals surface area contributed by atoms with E-state index in [0.29, 0.717) is 9.90 Å². The van der Waals surface area contributed by atoms with Crippen molar-refractivity contribution in [3.63, 3.8) is 0 Å². The highest BCUT2D eigenvalue weighted by molar-refractivity contribution is 7.17. The fourth-order valence-electron chi connectivity index (χ4n) is 2.99. The van der Waals surface area contributed by atoms with E-state index in [2.05, 4.69) is 10.4 Å². The molecule has 0 unspecified atom stereocenters. The second-order valence-electron chi connectivity index (χ2n) is 6.07. The highest BCUT2D eigenvalue weighted by Crippen LogP contribution is 2.29. The van der Waals surface area contributed by atoms with Gasteiger partial charge in [-0.05, 0) is 50.6 Å². The number of carbonyl (C=O) groups is 1. The van der Waals surface area contributed by atoms with E-state index in [-0.39, 0.29) is 11.9 Å². The summed E-state index contributed by atoms with van der Waals surface area (Å²) in [6.07, 6.45) is 0. The Bertz CT molecular complexity index is 911. The van der Waals surface area contributed by atoms with Crippen LogP contribution in [-0.2, 0) is 7.05 Å². The number of benzene rings is 1. The molecule has 1 aromatic carbocycles. The predicted molar refractivity (Wildman–Crippen MR) is 103 cm³/mol. The van der Waals surface area contributed by atoms with Crippen molar-refractivity contribution in [3.05, 3.63) is 63.2 Å². The summed E-state index contributed by atoms with van der Waals surface area (Å²) in [7, 11) is 1.91. The lowest BCUT2D eigenvalue weighted by Crippen LogP contribution is -2.26. The molecule has 130 valence electrons. The molecular formula is C19H20ClN3OS. The van der Waals surface area contributed by atoms with Gasteiger partial charge in [-0.1, -0.05) is 23.7 Å². The zero-order chi connectivity index (χ0) is 18.1. The highest BCUT2D eigenvalue weighted by Gasteiger charge is 2.19. The van der Waals surface area contributed by atoms with Crippen LogP contribution in [0, 0.1) is 13.8 Å². The van der Waals surface area contributed by atoms with Gasteiger partial charge in [0.15, 0.2) is 0 Å². The number of aromatic nitrogens is 2. The van der Waals surface area contributed by atoms with Crippen LogP contribution in [0.15, 0.2) is 36.4 Å². The quantitative estimate of drug-likeness (QED) is 0.706. The molecule has 4 nitrogen and oxygen atoms in total. The van der Waals surface area contributed by atoms with Crippen LogP contribution in [0.3, 0.4) is 0 Å². The molecule has 3 rings (SSSR count). The van der Waals surface area contributed by atoms with Gasteiger partial charge < -0.3 is 5.32 Å². The molecule has 0 aliphatic carbocycles. The van der Waals surface area contributed by atoms with Gasteiger partial charge in [-0.2, -0.15) is 5.10 Å². The number of amides is 1. The Morgan fingerprint density at radius 1 is 1.20 bits per heavy atom. The van der Waals surface area contributed by atoms with Crippen LogP contribution >= 0.6 is 22.9 Å². The fourth-order valence-corrected chi connectivity index (χ4v) is 4.03. The van der Waals surface area contributed by atoms with Crippen LogP contribution in [-0.4, -0.2) is 15.7 Å². The molecular weight excluding hydrogens is 354 g/mol. The van der Waals surface area contributed by atoms with Crippen LogP contribution in [0.4, 0.5) is 0 Å². The molecule has 3 aromatic rings. The SMILES string of the molecule is Cc1nn(C)c(C)c1[C@H](C)NC(=O)c1ccc(-c2ccc(Cl)cc2)s1. The summed E-state index contributed by atoms with van der Waals surface area (Å²) >= 11 is 7.40. The molecule has 1 N–H and O–H groups in total. The van der Waals surface area contributed by atoms with E-state index in [0.717, 1.165) is 27.4 Å². The van der Waals surface area contributed by atoms with Gasteiger partial charge in [0.1, 0.15) is 0 Å². The Morgan fingerprint density at radius 3 is 2.48 bits per heavy atom. The first kappa shape index (κ1) is 17.7. The van der Waals surface area contributed by atoms with Gasteiger partial charge in [0.25, 0.3) is 5.91 Å². The molecule has 0 saturated carbocycles. The zero-order valence-electron chi connectivity index (χ0n) is 14.6. The normalized spacial score (nSPS) is 12.2. The minimum Gasteiger partial charge on any atom is -0.345 e.